The van der Waals surface area contributed by atoms with Gasteiger partial charge in [-0.15, -0.1) is 11.3 Å². The lowest BCUT2D eigenvalue weighted by Crippen LogP contribution is -1.92. The van der Waals surface area contributed by atoms with E-state index < -0.39 is 0 Å². The number of aromatic nitrogens is 1. The van der Waals surface area contributed by atoms with Crippen molar-refractivity contribution in [1.29, 1.82) is 0 Å². The first-order valence-electron chi connectivity index (χ1n) is 5.57. The monoisotopic (exact) mass is 274 g/mol. The maximum atomic E-state index is 6.17. The molecule has 0 aliphatic heterocycles. The van der Waals surface area contributed by atoms with Gasteiger partial charge >= 0.3 is 0 Å². The lowest BCUT2D eigenvalue weighted by Gasteiger charge is -2.04. The van der Waals surface area contributed by atoms with Gasteiger partial charge in [-0.1, -0.05) is 29.8 Å². The number of halogens is 1. The van der Waals surface area contributed by atoms with Crippen LogP contribution in [-0.4, -0.2) is 4.98 Å². The molecular formula is C14H11ClN2S. The molecule has 90 valence electrons. The summed E-state index contributed by atoms with van der Waals surface area (Å²) in [5, 5.41) is 1.65. The van der Waals surface area contributed by atoms with Crippen molar-refractivity contribution in [3.8, 4) is 10.6 Å². The highest BCUT2D eigenvalue weighted by Crippen LogP contribution is 2.37. The van der Waals surface area contributed by atoms with Gasteiger partial charge in [0.2, 0.25) is 0 Å². The summed E-state index contributed by atoms with van der Waals surface area (Å²) in [5.74, 6) is 0. The van der Waals surface area contributed by atoms with Crippen LogP contribution in [-0.2, 0) is 0 Å². The number of nitrogens with zero attached hydrogens (tertiary/aromatic N) is 1. The fraction of sp³-hybridized carbons (Fsp3) is 0.0714. The molecule has 0 bridgehead atoms. The molecule has 0 spiro atoms. The first-order chi connectivity index (χ1) is 8.66. The van der Waals surface area contributed by atoms with Crippen LogP contribution in [0.4, 0.5) is 5.69 Å². The molecule has 2 aromatic carbocycles. The molecule has 0 aliphatic rings. The van der Waals surface area contributed by atoms with Gasteiger partial charge in [-0.25, -0.2) is 4.98 Å². The average molecular weight is 275 g/mol. The van der Waals surface area contributed by atoms with Gasteiger partial charge in [0, 0.05) is 11.3 Å². The number of nitrogen functional groups attached to an aromatic ring is 1. The average Bonchev–Trinajstić information content (AvgIpc) is 2.78. The standard InChI is InChI=1S/C14H11ClN2S/c1-8-4-2-5-9(12(8)16)14-17-11-7-3-6-10(15)13(11)18-14/h2-7H,16H2,1H3. The molecule has 0 aliphatic carbocycles. The molecule has 3 rings (SSSR count). The van der Waals surface area contributed by atoms with Gasteiger partial charge in [-0.3, -0.25) is 0 Å². The number of benzene rings is 2. The molecule has 0 saturated heterocycles. The quantitative estimate of drug-likeness (QED) is 0.663. The van der Waals surface area contributed by atoms with Crippen molar-refractivity contribution >= 4 is 38.8 Å². The molecule has 0 atom stereocenters. The van der Waals surface area contributed by atoms with E-state index in [2.05, 4.69) is 4.98 Å². The van der Waals surface area contributed by atoms with Gasteiger partial charge in [0.05, 0.1) is 15.2 Å². The second-order valence-corrected chi connectivity index (χ2v) is 5.55. The zero-order chi connectivity index (χ0) is 12.7. The minimum Gasteiger partial charge on any atom is -0.398 e. The molecule has 0 radical (unpaired) electrons. The summed E-state index contributed by atoms with van der Waals surface area (Å²) in [7, 11) is 0. The Morgan fingerprint density at radius 2 is 1.94 bits per heavy atom. The Kier molecular flexibility index (Phi) is 2.73. The van der Waals surface area contributed by atoms with Crippen LogP contribution in [0.2, 0.25) is 5.02 Å². The zero-order valence-electron chi connectivity index (χ0n) is 9.77. The molecule has 0 amide bonds. The van der Waals surface area contributed by atoms with E-state index in [1.807, 2.05) is 43.3 Å². The van der Waals surface area contributed by atoms with E-state index in [1.165, 1.54) is 0 Å². The summed E-state index contributed by atoms with van der Waals surface area (Å²) in [4.78, 5) is 4.60. The topological polar surface area (TPSA) is 38.9 Å². The highest BCUT2D eigenvalue weighted by molar-refractivity contribution is 7.22. The lowest BCUT2D eigenvalue weighted by atomic mass is 10.1. The van der Waals surface area contributed by atoms with E-state index in [0.717, 1.165) is 37.1 Å². The van der Waals surface area contributed by atoms with E-state index in [-0.39, 0.29) is 0 Å². The Balaban J connectivity index is 2.26. The first-order valence-corrected chi connectivity index (χ1v) is 6.77. The van der Waals surface area contributed by atoms with Crippen LogP contribution in [0, 0.1) is 6.92 Å². The summed E-state index contributed by atoms with van der Waals surface area (Å²) in [6.45, 7) is 2.00. The second kappa shape index (κ2) is 4.26. The third kappa shape index (κ3) is 1.76. The van der Waals surface area contributed by atoms with E-state index in [4.69, 9.17) is 17.3 Å². The van der Waals surface area contributed by atoms with Crippen LogP contribution in [0.3, 0.4) is 0 Å². The van der Waals surface area contributed by atoms with E-state index >= 15 is 0 Å². The summed E-state index contributed by atoms with van der Waals surface area (Å²) >= 11 is 7.74. The number of thiazole rings is 1. The maximum Gasteiger partial charge on any atom is 0.126 e. The minimum atomic E-state index is 0.738. The SMILES string of the molecule is Cc1cccc(-c2nc3cccc(Cl)c3s2)c1N. The minimum absolute atomic E-state index is 0.738. The summed E-state index contributed by atoms with van der Waals surface area (Å²) in [6, 6.07) is 11.7. The van der Waals surface area contributed by atoms with E-state index in [1.54, 1.807) is 11.3 Å². The number of fused-ring (bicyclic) bond motifs is 1. The molecule has 2 nitrogen and oxygen atoms in total. The highest BCUT2D eigenvalue weighted by Gasteiger charge is 2.11. The van der Waals surface area contributed by atoms with Crippen molar-refractivity contribution in [3.05, 3.63) is 47.0 Å². The lowest BCUT2D eigenvalue weighted by molar-refractivity contribution is 1.43. The summed E-state index contributed by atoms with van der Waals surface area (Å²) < 4.78 is 1.01. The van der Waals surface area contributed by atoms with Crippen molar-refractivity contribution in [2.45, 2.75) is 6.92 Å². The molecule has 3 aromatic rings. The molecule has 0 unspecified atom stereocenters. The molecular weight excluding hydrogens is 264 g/mol. The molecule has 4 heteroatoms. The van der Waals surface area contributed by atoms with Gasteiger partial charge in [-0.05, 0) is 30.7 Å². The highest BCUT2D eigenvalue weighted by atomic mass is 35.5. The third-order valence-electron chi connectivity index (χ3n) is 2.92. The van der Waals surface area contributed by atoms with E-state index in [0.29, 0.717) is 0 Å². The van der Waals surface area contributed by atoms with Gasteiger partial charge in [0.1, 0.15) is 5.01 Å². The van der Waals surface area contributed by atoms with Gasteiger partial charge < -0.3 is 5.73 Å². The number of anilines is 1. The summed E-state index contributed by atoms with van der Waals surface area (Å²) in [6.07, 6.45) is 0. The number of rotatable bonds is 1. The maximum absolute atomic E-state index is 6.17. The number of hydrogen-bond acceptors (Lipinski definition) is 3. The normalized spacial score (nSPS) is 11.0. The van der Waals surface area contributed by atoms with Crippen LogP contribution in [0.1, 0.15) is 5.56 Å². The number of nitrogens with two attached hydrogens (primary N) is 1. The third-order valence-corrected chi connectivity index (χ3v) is 4.49. The van der Waals surface area contributed by atoms with Crippen LogP contribution >= 0.6 is 22.9 Å². The van der Waals surface area contributed by atoms with Crippen LogP contribution in [0.25, 0.3) is 20.8 Å². The predicted octanol–water partition coefficient (Wildman–Crippen LogP) is 4.51. The molecule has 1 heterocycles. The van der Waals surface area contributed by atoms with Crippen molar-refractivity contribution in [3.63, 3.8) is 0 Å². The Morgan fingerprint density at radius 1 is 1.17 bits per heavy atom. The van der Waals surface area contributed by atoms with Gasteiger partial charge in [0.15, 0.2) is 0 Å². The van der Waals surface area contributed by atoms with Crippen molar-refractivity contribution in [2.75, 3.05) is 5.73 Å². The number of hydrogen-bond donors (Lipinski definition) is 1. The first kappa shape index (κ1) is 11.5. The Bertz CT molecular complexity index is 734. The summed E-state index contributed by atoms with van der Waals surface area (Å²) in [5.41, 5.74) is 9.86. The smallest absolute Gasteiger partial charge is 0.126 e. The van der Waals surface area contributed by atoms with Gasteiger partial charge in [-0.2, -0.15) is 0 Å². The fourth-order valence-electron chi connectivity index (χ4n) is 1.90. The van der Waals surface area contributed by atoms with Crippen molar-refractivity contribution in [1.82, 2.24) is 4.98 Å². The molecule has 18 heavy (non-hydrogen) atoms. The zero-order valence-corrected chi connectivity index (χ0v) is 11.3. The predicted molar refractivity (Wildman–Crippen MR) is 79.2 cm³/mol. The van der Waals surface area contributed by atoms with Crippen LogP contribution in [0.15, 0.2) is 36.4 Å². The molecule has 0 fully saturated rings. The van der Waals surface area contributed by atoms with Crippen molar-refractivity contribution < 1.29 is 0 Å². The van der Waals surface area contributed by atoms with Crippen molar-refractivity contribution in [2.24, 2.45) is 0 Å². The Morgan fingerprint density at radius 3 is 2.72 bits per heavy atom. The number of para-hydroxylation sites is 1. The van der Waals surface area contributed by atoms with E-state index in [9.17, 15) is 0 Å². The van der Waals surface area contributed by atoms with Crippen LogP contribution in [0.5, 0.6) is 0 Å². The fourth-order valence-corrected chi connectivity index (χ4v) is 3.19. The molecule has 1 aromatic heterocycles. The largest absolute Gasteiger partial charge is 0.398 e. The second-order valence-electron chi connectivity index (χ2n) is 4.14. The molecule has 0 saturated carbocycles. The molecule has 2 N–H and O–H groups in total. The number of aryl methyl sites for hydroxylation is 1. The van der Waals surface area contributed by atoms with Crippen LogP contribution < -0.4 is 5.73 Å². The Labute approximate surface area is 114 Å². The Hall–Kier alpha value is -1.58. The van der Waals surface area contributed by atoms with Gasteiger partial charge in [0.25, 0.3) is 0 Å².